The zero-order valence-electron chi connectivity index (χ0n) is 10.3. The molecule has 0 radical (unpaired) electrons. The average Bonchev–Trinajstić information content (AvgIpc) is 2.95. The van der Waals surface area contributed by atoms with Gasteiger partial charge in [0.2, 0.25) is 0 Å². The van der Waals surface area contributed by atoms with Crippen molar-refractivity contribution in [3.63, 3.8) is 0 Å². The number of anilines is 1. The number of aromatic nitrogens is 1. The van der Waals surface area contributed by atoms with Gasteiger partial charge in [-0.15, -0.1) is 0 Å². The van der Waals surface area contributed by atoms with Gasteiger partial charge in [-0.05, 0) is 18.4 Å². The molecule has 1 aromatic heterocycles. The summed E-state index contributed by atoms with van der Waals surface area (Å²) in [5, 5.41) is 11.6. The molecule has 1 aliphatic rings. The summed E-state index contributed by atoms with van der Waals surface area (Å²) in [6.45, 7) is 2.57. The lowest BCUT2D eigenvalue weighted by Gasteiger charge is -2.12. The quantitative estimate of drug-likeness (QED) is 0.819. The molecule has 0 bridgehead atoms. The van der Waals surface area contributed by atoms with Crippen molar-refractivity contribution in [1.82, 2.24) is 4.98 Å². The van der Waals surface area contributed by atoms with Crippen LogP contribution < -0.4 is 5.32 Å². The highest BCUT2D eigenvalue weighted by molar-refractivity contribution is 7.16. The van der Waals surface area contributed by atoms with Crippen LogP contribution in [0.4, 0.5) is 5.13 Å². The van der Waals surface area contributed by atoms with E-state index in [1.807, 2.05) is 6.92 Å². The standard InChI is InChI=1S/C12H14N2O4S/c1-7-4-5-18-10(7)11(17)14-12-13-6-8(19-12)2-3-9(15)16/h2-3,6-7,10H,4-5H2,1H3,(H,15,16)(H,13,14,17)/b3-2+. The SMILES string of the molecule is CC1CCOC1C(=O)Nc1ncc(/C=C/C(=O)O)s1. The Balaban J connectivity index is 1.96. The molecule has 1 aromatic rings. The number of amides is 1. The largest absolute Gasteiger partial charge is 0.478 e. The molecule has 7 heteroatoms. The zero-order valence-corrected chi connectivity index (χ0v) is 11.1. The van der Waals surface area contributed by atoms with Gasteiger partial charge in [-0.2, -0.15) is 0 Å². The molecule has 2 atom stereocenters. The number of rotatable bonds is 4. The number of nitrogens with zero attached hydrogens (tertiary/aromatic N) is 1. The second-order valence-electron chi connectivity index (χ2n) is 4.29. The van der Waals surface area contributed by atoms with E-state index < -0.39 is 12.1 Å². The number of carboxylic acids is 1. The monoisotopic (exact) mass is 282 g/mol. The minimum atomic E-state index is -1.02. The topological polar surface area (TPSA) is 88.5 Å². The first kappa shape index (κ1) is 13.7. The van der Waals surface area contributed by atoms with Crippen LogP contribution in [0.25, 0.3) is 6.08 Å². The molecule has 6 nitrogen and oxygen atoms in total. The molecule has 0 aliphatic carbocycles. The number of carboxylic acid groups (broad SMARTS) is 1. The summed E-state index contributed by atoms with van der Waals surface area (Å²) in [6.07, 6.45) is 4.43. The molecule has 1 fully saturated rings. The maximum atomic E-state index is 11.9. The van der Waals surface area contributed by atoms with E-state index in [-0.39, 0.29) is 11.8 Å². The van der Waals surface area contributed by atoms with Crippen LogP contribution in [0, 0.1) is 5.92 Å². The second-order valence-corrected chi connectivity index (χ2v) is 5.35. The molecule has 2 unspecified atom stereocenters. The Labute approximate surface area is 114 Å². The number of nitrogens with one attached hydrogen (secondary N) is 1. The third-order valence-electron chi connectivity index (χ3n) is 2.79. The molecule has 0 saturated carbocycles. The fourth-order valence-corrected chi connectivity index (χ4v) is 2.50. The number of carbonyl (C=O) groups excluding carboxylic acids is 1. The molecule has 1 amide bonds. The van der Waals surface area contributed by atoms with Gasteiger partial charge in [0.15, 0.2) is 5.13 Å². The van der Waals surface area contributed by atoms with Gasteiger partial charge in [-0.1, -0.05) is 18.3 Å². The van der Waals surface area contributed by atoms with Crippen molar-refractivity contribution in [2.75, 3.05) is 11.9 Å². The summed E-state index contributed by atoms with van der Waals surface area (Å²) in [6, 6.07) is 0. The van der Waals surface area contributed by atoms with Crippen LogP contribution in [0.3, 0.4) is 0 Å². The van der Waals surface area contributed by atoms with Gasteiger partial charge in [0.05, 0.1) is 0 Å². The van der Waals surface area contributed by atoms with Crippen LogP contribution in [-0.4, -0.2) is 34.7 Å². The number of thiazole rings is 1. The third kappa shape index (κ3) is 3.62. The summed E-state index contributed by atoms with van der Waals surface area (Å²) < 4.78 is 5.36. The van der Waals surface area contributed by atoms with Crippen LogP contribution in [-0.2, 0) is 14.3 Å². The minimum Gasteiger partial charge on any atom is -0.478 e. The Morgan fingerprint density at radius 3 is 3.05 bits per heavy atom. The maximum Gasteiger partial charge on any atom is 0.328 e. The fourth-order valence-electron chi connectivity index (χ4n) is 1.78. The van der Waals surface area contributed by atoms with Gasteiger partial charge in [0, 0.05) is 23.8 Å². The summed E-state index contributed by atoms with van der Waals surface area (Å²) in [4.78, 5) is 27.0. The Hall–Kier alpha value is -1.73. The molecule has 19 heavy (non-hydrogen) atoms. The van der Waals surface area contributed by atoms with Crippen LogP contribution >= 0.6 is 11.3 Å². The van der Waals surface area contributed by atoms with Gasteiger partial charge in [-0.25, -0.2) is 9.78 Å². The molecular weight excluding hydrogens is 268 g/mol. The van der Waals surface area contributed by atoms with Crippen molar-refractivity contribution in [3.05, 3.63) is 17.2 Å². The summed E-state index contributed by atoms with van der Waals surface area (Å²) >= 11 is 1.21. The number of hydrogen-bond acceptors (Lipinski definition) is 5. The van der Waals surface area contributed by atoms with Crippen molar-refractivity contribution in [1.29, 1.82) is 0 Å². The highest BCUT2D eigenvalue weighted by Crippen LogP contribution is 2.24. The van der Waals surface area contributed by atoms with Crippen molar-refractivity contribution in [3.8, 4) is 0 Å². The van der Waals surface area contributed by atoms with Crippen LogP contribution in [0.1, 0.15) is 18.2 Å². The smallest absolute Gasteiger partial charge is 0.328 e. The molecule has 2 heterocycles. The van der Waals surface area contributed by atoms with Gasteiger partial charge < -0.3 is 9.84 Å². The summed E-state index contributed by atoms with van der Waals surface area (Å²) in [7, 11) is 0. The molecular formula is C12H14N2O4S. The lowest BCUT2D eigenvalue weighted by molar-refractivity contribution is -0.131. The normalized spacial score (nSPS) is 22.8. The summed E-state index contributed by atoms with van der Waals surface area (Å²) in [5.41, 5.74) is 0. The molecule has 0 spiro atoms. The van der Waals surface area contributed by atoms with E-state index >= 15 is 0 Å². The van der Waals surface area contributed by atoms with Gasteiger partial charge in [0.25, 0.3) is 5.91 Å². The van der Waals surface area contributed by atoms with E-state index in [4.69, 9.17) is 9.84 Å². The van der Waals surface area contributed by atoms with Gasteiger partial charge in [-0.3, -0.25) is 10.1 Å². The van der Waals surface area contributed by atoms with E-state index in [1.165, 1.54) is 23.6 Å². The molecule has 2 N–H and O–H groups in total. The Bertz CT molecular complexity index is 512. The van der Waals surface area contributed by atoms with Crippen molar-refractivity contribution in [2.45, 2.75) is 19.4 Å². The lowest BCUT2D eigenvalue weighted by Crippen LogP contribution is -2.31. The van der Waals surface area contributed by atoms with E-state index in [0.717, 1.165) is 12.5 Å². The molecule has 0 aromatic carbocycles. The minimum absolute atomic E-state index is 0.200. The van der Waals surface area contributed by atoms with Crippen LogP contribution in [0.5, 0.6) is 0 Å². The number of ether oxygens (including phenoxy) is 1. The first-order chi connectivity index (χ1) is 9.06. The van der Waals surface area contributed by atoms with E-state index in [9.17, 15) is 9.59 Å². The number of hydrogen-bond donors (Lipinski definition) is 2. The first-order valence-corrected chi connectivity index (χ1v) is 6.67. The third-order valence-corrected chi connectivity index (χ3v) is 3.67. The van der Waals surface area contributed by atoms with Crippen molar-refractivity contribution in [2.24, 2.45) is 5.92 Å². The van der Waals surface area contributed by atoms with Crippen LogP contribution in [0.2, 0.25) is 0 Å². The first-order valence-electron chi connectivity index (χ1n) is 5.85. The fraction of sp³-hybridized carbons (Fsp3) is 0.417. The number of aliphatic carboxylic acids is 1. The maximum absolute atomic E-state index is 11.9. The summed E-state index contributed by atoms with van der Waals surface area (Å²) in [5.74, 6) is -1.02. The highest BCUT2D eigenvalue weighted by Gasteiger charge is 2.31. The van der Waals surface area contributed by atoms with Gasteiger partial charge in [0.1, 0.15) is 6.10 Å². The predicted molar refractivity (Wildman–Crippen MR) is 70.9 cm³/mol. The lowest BCUT2D eigenvalue weighted by atomic mass is 10.0. The molecule has 102 valence electrons. The molecule has 1 aliphatic heterocycles. The second kappa shape index (κ2) is 5.94. The van der Waals surface area contributed by atoms with E-state index in [0.29, 0.717) is 16.6 Å². The average molecular weight is 282 g/mol. The Morgan fingerprint density at radius 1 is 1.63 bits per heavy atom. The van der Waals surface area contributed by atoms with E-state index in [1.54, 1.807) is 0 Å². The Kier molecular flexibility index (Phi) is 4.28. The van der Waals surface area contributed by atoms with E-state index in [2.05, 4.69) is 10.3 Å². The number of carbonyl (C=O) groups is 2. The Morgan fingerprint density at radius 2 is 2.42 bits per heavy atom. The predicted octanol–water partition coefficient (Wildman–Crippen LogP) is 1.60. The van der Waals surface area contributed by atoms with Crippen molar-refractivity contribution >= 4 is 34.4 Å². The van der Waals surface area contributed by atoms with Crippen LogP contribution in [0.15, 0.2) is 12.3 Å². The highest BCUT2D eigenvalue weighted by atomic mass is 32.1. The molecule has 1 saturated heterocycles. The van der Waals surface area contributed by atoms with Crippen molar-refractivity contribution < 1.29 is 19.4 Å². The van der Waals surface area contributed by atoms with Gasteiger partial charge >= 0.3 is 5.97 Å². The zero-order chi connectivity index (χ0) is 13.8. The molecule has 2 rings (SSSR count).